The number of hydrogen-bond acceptors (Lipinski definition) is 9. The van der Waals surface area contributed by atoms with Crippen molar-refractivity contribution in [3.63, 3.8) is 0 Å². The van der Waals surface area contributed by atoms with Crippen molar-refractivity contribution in [2.75, 3.05) is 36.0 Å². The Kier molecular flexibility index (Phi) is 3.88. The summed E-state index contributed by atoms with van der Waals surface area (Å²) in [6.45, 7) is 5.60. The summed E-state index contributed by atoms with van der Waals surface area (Å²) in [6, 6.07) is 5.83. The fraction of sp³-hybridized carbons (Fsp3) is 0.357. The number of pyridine rings is 1. The number of piperazine rings is 1. The maximum Gasteiger partial charge on any atom is 0.208 e. The van der Waals surface area contributed by atoms with Crippen molar-refractivity contribution in [2.24, 2.45) is 0 Å². The third kappa shape index (κ3) is 3.02. The summed E-state index contributed by atoms with van der Waals surface area (Å²) in [6.07, 6.45) is 1.78. The average molecular weight is 345 g/mol. The van der Waals surface area contributed by atoms with E-state index in [4.69, 9.17) is 0 Å². The van der Waals surface area contributed by atoms with Gasteiger partial charge in [0.15, 0.2) is 5.01 Å². The van der Waals surface area contributed by atoms with Crippen molar-refractivity contribution in [3.05, 3.63) is 30.2 Å². The number of anilines is 2. The van der Waals surface area contributed by atoms with Gasteiger partial charge in [0.2, 0.25) is 10.3 Å². The molecule has 118 valence electrons. The van der Waals surface area contributed by atoms with Crippen molar-refractivity contribution in [1.82, 2.24) is 24.5 Å². The second-order valence-corrected chi connectivity index (χ2v) is 6.89. The van der Waals surface area contributed by atoms with Gasteiger partial charge in [0.1, 0.15) is 11.5 Å². The highest BCUT2D eigenvalue weighted by molar-refractivity contribution is 7.18. The van der Waals surface area contributed by atoms with E-state index in [1.54, 1.807) is 17.5 Å². The van der Waals surface area contributed by atoms with Crippen LogP contribution in [0.4, 0.5) is 10.3 Å². The van der Waals surface area contributed by atoms with Gasteiger partial charge >= 0.3 is 0 Å². The lowest BCUT2D eigenvalue weighted by molar-refractivity contribution is 0.648. The Balaban J connectivity index is 1.44. The maximum absolute atomic E-state index is 4.46. The van der Waals surface area contributed by atoms with Crippen molar-refractivity contribution < 1.29 is 0 Å². The van der Waals surface area contributed by atoms with Crippen LogP contribution in [0.1, 0.15) is 5.82 Å². The summed E-state index contributed by atoms with van der Waals surface area (Å²) in [5.41, 5.74) is 0.874. The first-order valence-corrected chi connectivity index (χ1v) is 8.94. The molecule has 0 saturated carbocycles. The summed E-state index contributed by atoms with van der Waals surface area (Å²) >= 11 is 3.06. The van der Waals surface area contributed by atoms with Gasteiger partial charge in [0.05, 0.1) is 0 Å². The standard InChI is InChI=1S/C14H15N7S2/c1-10-16-13(23-19-10)20-6-8-21(9-7-20)14-18-17-12(22-14)11-4-2-3-5-15-11/h2-5H,6-9H2,1H3. The maximum atomic E-state index is 4.46. The van der Waals surface area contributed by atoms with E-state index in [0.29, 0.717) is 0 Å². The minimum Gasteiger partial charge on any atom is -0.343 e. The molecule has 0 atom stereocenters. The summed E-state index contributed by atoms with van der Waals surface area (Å²) in [5.74, 6) is 0.844. The van der Waals surface area contributed by atoms with Crippen LogP contribution in [-0.4, -0.2) is 50.7 Å². The van der Waals surface area contributed by atoms with Gasteiger partial charge < -0.3 is 9.80 Å². The van der Waals surface area contributed by atoms with Gasteiger partial charge in [-0.15, -0.1) is 10.2 Å². The summed E-state index contributed by atoms with van der Waals surface area (Å²) < 4.78 is 4.25. The van der Waals surface area contributed by atoms with Crippen molar-refractivity contribution in [2.45, 2.75) is 6.92 Å². The van der Waals surface area contributed by atoms with Crippen LogP contribution in [0.25, 0.3) is 10.7 Å². The molecule has 0 N–H and O–H groups in total. The molecule has 0 bridgehead atoms. The number of rotatable bonds is 3. The normalized spacial score (nSPS) is 15.2. The molecule has 0 radical (unpaired) electrons. The van der Waals surface area contributed by atoms with Crippen LogP contribution >= 0.6 is 22.9 Å². The van der Waals surface area contributed by atoms with E-state index >= 15 is 0 Å². The number of aryl methyl sites for hydroxylation is 1. The fourth-order valence-corrected chi connectivity index (χ4v) is 4.04. The molecule has 0 aromatic carbocycles. The van der Waals surface area contributed by atoms with E-state index in [0.717, 1.165) is 53.0 Å². The molecule has 1 fully saturated rings. The van der Waals surface area contributed by atoms with Crippen LogP contribution in [0.2, 0.25) is 0 Å². The zero-order valence-electron chi connectivity index (χ0n) is 12.6. The Morgan fingerprint density at radius 2 is 1.78 bits per heavy atom. The lowest BCUT2D eigenvalue weighted by Gasteiger charge is -2.33. The van der Waals surface area contributed by atoms with E-state index in [9.17, 15) is 0 Å². The van der Waals surface area contributed by atoms with Crippen LogP contribution in [0.5, 0.6) is 0 Å². The highest BCUT2D eigenvalue weighted by atomic mass is 32.1. The molecule has 0 amide bonds. The number of aromatic nitrogens is 5. The number of hydrogen-bond donors (Lipinski definition) is 0. The molecule has 4 rings (SSSR count). The van der Waals surface area contributed by atoms with E-state index in [1.807, 2.05) is 25.1 Å². The molecule has 4 heterocycles. The van der Waals surface area contributed by atoms with E-state index in [1.165, 1.54) is 11.5 Å². The van der Waals surface area contributed by atoms with Gasteiger partial charge in [-0.3, -0.25) is 4.98 Å². The highest BCUT2D eigenvalue weighted by Crippen LogP contribution is 2.28. The molecule has 7 nitrogen and oxygen atoms in total. The largest absolute Gasteiger partial charge is 0.343 e. The molecule has 3 aromatic rings. The van der Waals surface area contributed by atoms with E-state index < -0.39 is 0 Å². The molecule has 1 aliphatic rings. The fourth-order valence-electron chi connectivity index (χ4n) is 2.44. The molecule has 1 aliphatic heterocycles. The SMILES string of the molecule is Cc1nsc(N2CCN(c3nnc(-c4ccccn4)s3)CC2)n1. The average Bonchev–Trinajstić information content (AvgIpc) is 3.25. The minimum atomic E-state index is 0.844. The zero-order chi connectivity index (χ0) is 15.6. The summed E-state index contributed by atoms with van der Waals surface area (Å²) in [4.78, 5) is 13.3. The molecule has 3 aromatic heterocycles. The summed E-state index contributed by atoms with van der Waals surface area (Å²) in [7, 11) is 0. The topological polar surface area (TPSA) is 70.9 Å². The first-order chi connectivity index (χ1) is 11.3. The Hall–Kier alpha value is -2.13. The van der Waals surface area contributed by atoms with Gasteiger partial charge in [-0.2, -0.15) is 4.37 Å². The van der Waals surface area contributed by atoms with Crippen molar-refractivity contribution >= 4 is 33.1 Å². The zero-order valence-corrected chi connectivity index (χ0v) is 14.2. The lowest BCUT2D eigenvalue weighted by atomic mass is 10.3. The quantitative estimate of drug-likeness (QED) is 0.720. The van der Waals surface area contributed by atoms with Crippen LogP contribution < -0.4 is 9.80 Å². The molecule has 0 aliphatic carbocycles. The molecule has 1 saturated heterocycles. The smallest absolute Gasteiger partial charge is 0.208 e. The highest BCUT2D eigenvalue weighted by Gasteiger charge is 2.22. The number of nitrogens with zero attached hydrogens (tertiary/aromatic N) is 7. The van der Waals surface area contributed by atoms with Crippen LogP contribution in [0, 0.1) is 6.92 Å². The van der Waals surface area contributed by atoms with Gasteiger partial charge in [-0.05, 0) is 19.1 Å². The first kappa shape index (κ1) is 14.5. The van der Waals surface area contributed by atoms with Gasteiger partial charge in [-0.25, -0.2) is 4.98 Å². The van der Waals surface area contributed by atoms with E-state index in [2.05, 4.69) is 34.3 Å². The third-order valence-electron chi connectivity index (χ3n) is 3.64. The van der Waals surface area contributed by atoms with Gasteiger partial charge in [0, 0.05) is 43.9 Å². The Labute approximate surface area is 141 Å². The Morgan fingerprint density at radius 1 is 1.00 bits per heavy atom. The first-order valence-electron chi connectivity index (χ1n) is 7.35. The molecule has 0 unspecified atom stereocenters. The van der Waals surface area contributed by atoms with Crippen molar-refractivity contribution in [1.29, 1.82) is 0 Å². The second-order valence-electron chi connectivity index (χ2n) is 5.20. The van der Waals surface area contributed by atoms with Gasteiger partial charge in [-0.1, -0.05) is 17.4 Å². The molecule has 0 spiro atoms. The lowest BCUT2D eigenvalue weighted by Crippen LogP contribution is -2.46. The molecular formula is C14H15N7S2. The summed E-state index contributed by atoms with van der Waals surface area (Å²) in [5, 5.41) is 11.4. The van der Waals surface area contributed by atoms with Gasteiger partial charge in [0.25, 0.3) is 0 Å². The molecular weight excluding hydrogens is 330 g/mol. The monoisotopic (exact) mass is 345 g/mol. The van der Waals surface area contributed by atoms with Crippen LogP contribution in [-0.2, 0) is 0 Å². The van der Waals surface area contributed by atoms with Crippen molar-refractivity contribution in [3.8, 4) is 10.7 Å². The van der Waals surface area contributed by atoms with E-state index in [-0.39, 0.29) is 0 Å². The van der Waals surface area contributed by atoms with Crippen LogP contribution in [0.15, 0.2) is 24.4 Å². The second kappa shape index (κ2) is 6.17. The molecule has 9 heteroatoms. The molecule has 23 heavy (non-hydrogen) atoms. The predicted molar refractivity (Wildman–Crippen MR) is 92.2 cm³/mol. The van der Waals surface area contributed by atoms with Crippen LogP contribution in [0.3, 0.4) is 0 Å². The predicted octanol–water partition coefficient (Wildman–Crippen LogP) is 2.09. The third-order valence-corrected chi connectivity index (χ3v) is 5.51. The Bertz CT molecular complexity index is 777. The Morgan fingerprint density at radius 3 is 2.43 bits per heavy atom. The minimum absolute atomic E-state index is 0.844.